The lowest BCUT2D eigenvalue weighted by atomic mass is 10.2. The molecule has 0 radical (unpaired) electrons. The van der Waals surface area contributed by atoms with Crippen LogP contribution in [0.5, 0.6) is 0 Å². The Morgan fingerprint density at radius 3 is 2.80 bits per heavy atom. The Labute approximate surface area is 122 Å². The van der Waals surface area contributed by atoms with Crippen molar-refractivity contribution < 1.29 is 17.9 Å². The maximum absolute atomic E-state index is 11.8. The first-order valence-corrected chi connectivity index (χ1v) is 7.47. The minimum absolute atomic E-state index is 0.136. The van der Waals surface area contributed by atoms with E-state index in [0.29, 0.717) is 10.6 Å². The Balaban J connectivity index is 3.07. The molecular weight excluding hydrogens is 304 g/mol. The summed E-state index contributed by atoms with van der Waals surface area (Å²) in [6.07, 6.45) is 0. The molecule has 0 bridgehead atoms. The van der Waals surface area contributed by atoms with Crippen molar-refractivity contribution in [1.82, 2.24) is 0 Å². The molecule has 0 heterocycles. The first-order valence-electron chi connectivity index (χ1n) is 5.44. The largest absolute Gasteiger partial charge is 0.468 e. The van der Waals surface area contributed by atoms with E-state index in [0.717, 1.165) is 7.11 Å². The number of rotatable bonds is 4. The fourth-order valence-corrected chi connectivity index (χ4v) is 2.45. The first kappa shape index (κ1) is 16.3. The Morgan fingerprint density at radius 2 is 2.20 bits per heavy atom. The fourth-order valence-electron chi connectivity index (χ4n) is 1.27. The summed E-state index contributed by atoms with van der Waals surface area (Å²) in [5.74, 6) is 3.67. The smallest absolute Gasteiger partial charge is 0.322 e. The standard InChI is InChI=1S/C12H13ClN2O4S/c1-19-12(16)8-20(17,18)15-11-7-10(13)5-4-9(11)3-2-6-14/h4-5,7,15H,6,8,14H2,1H3. The van der Waals surface area contributed by atoms with E-state index >= 15 is 0 Å². The molecule has 0 saturated carbocycles. The van der Waals surface area contributed by atoms with Crippen LogP contribution < -0.4 is 10.5 Å². The summed E-state index contributed by atoms with van der Waals surface area (Å²) in [7, 11) is -2.79. The second-order valence-electron chi connectivity index (χ2n) is 3.63. The zero-order valence-corrected chi connectivity index (χ0v) is 12.2. The van der Waals surface area contributed by atoms with E-state index in [-0.39, 0.29) is 12.2 Å². The van der Waals surface area contributed by atoms with Crippen molar-refractivity contribution in [3.63, 3.8) is 0 Å². The predicted octanol–water partition coefficient (Wildman–Crippen LogP) is 0.565. The van der Waals surface area contributed by atoms with Crippen molar-refractivity contribution in [2.75, 3.05) is 24.1 Å². The molecule has 3 N–H and O–H groups in total. The van der Waals surface area contributed by atoms with Crippen LogP contribution in [0, 0.1) is 11.8 Å². The van der Waals surface area contributed by atoms with Crippen LogP contribution in [0.1, 0.15) is 5.56 Å². The number of hydrogen-bond donors (Lipinski definition) is 2. The molecule has 1 rings (SSSR count). The van der Waals surface area contributed by atoms with Gasteiger partial charge >= 0.3 is 5.97 Å². The molecule has 0 aliphatic carbocycles. The van der Waals surface area contributed by atoms with Crippen LogP contribution in [0.15, 0.2) is 18.2 Å². The van der Waals surface area contributed by atoms with Crippen LogP contribution in [0.3, 0.4) is 0 Å². The highest BCUT2D eigenvalue weighted by Gasteiger charge is 2.18. The molecular formula is C12H13ClN2O4S. The van der Waals surface area contributed by atoms with Crippen molar-refractivity contribution in [3.8, 4) is 11.8 Å². The van der Waals surface area contributed by atoms with E-state index in [1.54, 1.807) is 12.1 Å². The zero-order chi connectivity index (χ0) is 15.2. The monoisotopic (exact) mass is 316 g/mol. The van der Waals surface area contributed by atoms with Crippen LogP contribution in [-0.2, 0) is 19.6 Å². The summed E-state index contributed by atoms with van der Waals surface area (Å²) in [6, 6.07) is 4.53. The SMILES string of the molecule is COC(=O)CS(=O)(=O)Nc1cc(Cl)ccc1C#CCN. The average Bonchev–Trinajstić information content (AvgIpc) is 2.36. The highest BCUT2D eigenvalue weighted by molar-refractivity contribution is 7.93. The molecule has 0 saturated heterocycles. The number of ether oxygens (including phenoxy) is 1. The molecule has 0 spiro atoms. The number of carbonyl (C=O) groups excluding carboxylic acids is 1. The lowest BCUT2D eigenvalue weighted by Gasteiger charge is -2.09. The zero-order valence-electron chi connectivity index (χ0n) is 10.6. The van der Waals surface area contributed by atoms with Gasteiger partial charge in [0, 0.05) is 10.6 Å². The molecule has 8 heteroatoms. The number of nitrogens with one attached hydrogen (secondary N) is 1. The summed E-state index contributed by atoms with van der Waals surface area (Å²) in [6.45, 7) is 0.136. The van der Waals surface area contributed by atoms with Crippen molar-refractivity contribution in [1.29, 1.82) is 0 Å². The van der Waals surface area contributed by atoms with Crippen molar-refractivity contribution in [2.45, 2.75) is 0 Å². The minimum Gasteiger partial charge on any atom is -0.468 e. The van der Waals surface area contributed by atoms with E-state index in [1.165, 1.54) is 6.07 Å². The van der Waals surface area contributed by atoms with E-state index in [4.69, 9.17) is 17.3 Å². The van der Waals surface area contributed by atoms with Gasteiger partial charge in [-0.15, -0.1) is 0 Å². The quantitative estimate of drug-likeness (QED) is 0.625. The van der Waals surface area contributed by atoms with Gasteiger partial charge in [-0.25, -0.2) is 8.42 Å². The highest BCUT2D eigenvalue weighted by Crippen LogP contribution is 2.21. The number of halogens is 1. The maximum Gasteiger partial charge on any atom is 0.322 e. The second-order valence-corrected chi connectivity index (χ2v) is 5.79. The van der Waals surface area contributed by atoms with Gasteiger partial charge in [-0.05, 0) is 18.2 Å². The van der Waals surface area contributed by atoms with Crippen LogP contribution in [0.4, 0.5) is 5.69 Å². The molecule has 1 aromatic carbocycles. The summed E-state index contributed by atoms with van der Waals surface area (Å²) in [5, 5.41) is 0.332. The number of hydrogen-bond acceptors (Lipinski definition) is 5. The lowest BCUT2D eigenvalue weighted by Crippen LogP contribution is -2.24. The summed E-state index contributed by atoms with van der Waals surface area (Å²) >= 11 is 5.81. The van der Waals surface area contributed by atoms with Crippen LogP contribution in [0.25, 0.3) is 0 Å². The van der Waals surface area contributed by atoms with E-state index < -0.39 is 21.7 Å². The van der Waals surface area contributed by atoms with Crippen molar-refractivity contribution in [2.24, 2.45) is 5.73 Å². The van der Waals surface area contributed by atoms with E-state index in [2.05, 4.69) is 21.3 Å². The van der Waals surface area contributed by atoms with Crippen LogP contribution in [-0.4, -0.2) is 33.8 Å². The summed E-state index contributed by atoms with van der Waals surface area (Å²) in [5.41, 5.74) is 5.86. The van der Waals surface area contributed by atoms with E-state index in [1.807, 2.05) is 0 Å². The number of sulfonamides is 1. The molecule has 0 aliphatic heterocycles. The number of esters is 1. The van der Waals surface area contributed by atoms with Crippen molar-refractivity contribution in [3.05, 3.63) is 28.8 Å². The Morgan fingerprint density at radius 1 is 1.50 bits per heavy atom. The normalized spacial score (nSPS) is 10.3. The number of carbonyl (C=O) groups is 1. The molecule has 20 heavy (non-hydrogen) atoms. The number of nitrogens with two attached hydrogens (primary N) is 1. The van der Waals surface area contributed by atoms with Gasteiger partial charge in [-0.3, -0.25) is 9.52 Å². The molecule has 0 atom stereocenters. The fraction of sp³-hybridized carbons (Fsp3) is 0.250. The third-order valence-electron chi connectivity index (χ3n) is 2.11. The number of anilines is 1. The molecule has 0 aliphatic rings. The third kappa shape index (κ3) is 5.09. The van der Waals surface area contributed by atoms with Crippen molar-refractivity contribution >= 4 is 33.3 Å². The topological polar surface area (TPSA) is 98.5 Å². The molecule has 0 fully saturated rings. The maximum atomic E-state index is 11.8. The van der Waals surface area contributed by atoms with Gasteiger partial charge in [-0.2, -0.15) is 0 Å². The molecule has 1 aromatic rings. The molecule has 6 nitrogen and oxygen atoms in total. The lowest BCUT2D eigenvalue weighted by molar-refractivity contribution is -0.137. The van der Waals surface area contributed by atoms with Crippen LogP contribution >= 0.6 is 11.6 Å². The third-order valence-corrected chi connectivity index (χ3v) is 3.49. The van der Waals surface area contributed by atoms with Gasteiger partial charge in [0.2, 0.25) is 10.0 Å². The highest BCUT2D eigenvalue weighted by atomic mass is 35.5. The predicted molar refractivity (Wildman–Crippen MR) is 76.8 cm³/mol. The van der Waals surface area contributed by atoms with E-state index in [9.17, 15) is 13.2 Å². The van der Waals surface area contributed by atoms with Gasteiger partial charge in [-0.1, -0.05) is 23.4 Å². The Hall–Kier alpha value is -1.75. The summed E-state index contributed by atoms with van der Waals surface area (Å²) in [4.78, 5) is 11.0. The molecule has 0 aromatic heterocycles. The summed E-state index contributed by atoms with van der Waals surface area (Å²) < 4.78 is 30.1. The molecule has 0 amide bonds. The molecule has 108 valence electrons. The van der Waals surface area contributed by atoms with Gasteiger partial charge in [0.25, 0.3) is 0 Å². The Bertz CT molecular complexity index is 662. The second kappa shape index (κ2) is 7.14. The Kier molecular flexibility index (Phi) is 5.82. The minimum atomic E-state index is -3.89. The van der Waals surface area contributed by atoms with Gasteiger partial charge in [0.05, 0.1) is 19.3 Å². The van der Waals surface area contributed by atoms with Gasteiger partial charge in [0.1, 0.15) is 0 Å². The van der Waals surface area contributed by atoms with Crippen LogP contribution in [0.2, 0.25) is 5.02 Å². The van der Waals surface area contributed by atoms with Gasteiger partial charge < -0.3 is 10.5 Å². The van der Waals surface area contributed by atoms with Gasteiger partial charge in [0.15, 0.2) is 5.75 Å². The average molecular weight is 317 g/mol. The number of benzene rings is 1. The molecule has 0 unspecified atom stereocenters. The number of methoxy groups -OCH3 is 1. The first-order chi connectivity index (χ1) is 9.38.